The molecule has 3 aromatic rings. The molecule has 4 heterocycles. The van der Waals surface area contributed by atoms with Crippen LogP contribution < -0.4 is 0 Å². The van der Waals surface area contributed by atoms with Crippen LogP contribution in [0.15, 0.2) is 24.7 Å². The summed E-state index contributed by atoms with van der Waals surface area (Å²) < 4.78 is 3.54. The molecule has 1 unspecified atom stereocenters. The number of amides is 1. The smallest absolute Gasteiger partial charge is 0.272 e. The Labute approximate surface area is 145 Å². The fourth-order valence-corrected chi connectivity index (χ4v) is 3.58. The van der Waals surface area contributed by atoms with E-state index in [9.17, 15) is 4.79 Å². The third kappa shape index (κ3) is 2.77. The van der Waals surface area contributed by atoms with Crippen molar-refractivity contribution in [2.75, 3.05) is 13.1 Å². The number of piperidine rings is 1. The Morgan fingerprint density at radius 3 is 3.08 bits per heavy atom. The third-order valence-electron chi connectivity index (χ3n) is 4.77. The molecule has 25 heavy (non-hydrogen) atoms. The Balaban J connectivity index is 1.62. The first kappa shape index (κ1) is 15.7. The summed E-state index contributed by atoms with van der Waals surface area (Å²) in [4.78, 5) is 23.4. The van der Waals surface area contributed by atoms with E-state index in [1.807, 2.05) is 18.7 Å². The number of fused-ring (bicyclic) bond motifs is 1. The van der Waals surface area contributed by atoms with E-state index in [2.05, 4.69) is 26.2 Å². The van der Waals surface area contributed by atoms with Crippen LogP contribution in [0.4, 0.5) is 0 Å². The van der Waals surface area contributed by atoms with Crippen LogP contribution in [0.25, 0.3) is 5.78 Å². The number of likely N-dealkylation sites (tertiary alicyclic amines) is 1. The number of aromatic nitrogens is 6. The van der Waals surface area contributed by atoms with E-state index >= 15 is 0 Å². The monoisotopic (exact) mass is 339 g/mol. The van der Waals surface area contributed by atoms with Crippen molar-refractivity contribution >= 4 is 11.7 Å². The molecule has 1 aliphatic heterocycles. The highest BCUT2D eigenvalue weighted by atomic mass is 16.2. The summed E-state index contributed by atoms with van der Waals surface area (Å²) in [7, 11) is 0. The summed E-state index contributed by atoms with van der Waals surface area (Å²) in [6.45, 7) is 6.09. The Kier molecular flexibility index (Phi) is 3.95. The summed E-state index contributed by atoms with van der Waals surface area (Å²) >= 11 is 0. The molecule has 130 valence electrons. The molecule has 0 radical (unpaired) electrons. The minimum Gasteiger partial charge on any atom is -0.337 e. The third-order valence-corrected chi connectivity index (χ3v) is 4.77. The number of nitrogens with zero attached hydrogens (tertiary/aromatic N) is 7. The molecule has 0 saturated carbocycles. The predicted octanol–water partition coefficient (Wildman–Crippen LogP) is 1.67. The van der Waals surface area contributed by atoms with Crippen molar-refractivity contribution in [2.45, 2.75) is 39.2 Å². The van der Waals surface area contributed by atoms with Gasteiger partial charge in [0.2, 0.25) is 0 Å². The Hall–Kier alpha value is -2.77. The zero-order chi connectivity index (χ0) is 17.4. The number of rotatable bonds is 3. The second kappa shape index (κ2) is 6.27. The zero-order valence-electron chi connectivity index (χ0n) is 14.5. The first-order valence-electron chi connectivity index (χ1n) is 8.65. The Morgan fingerprint density at radius 2 is 2.24 bits per heavy atom. The molecule has 0 N–H and O–H groups in total. The van der Waals surface area contributed by atoms with E-state index in [1.165, 1.54) is 6.33 Å². The number of hydrogen-bond acceptors (Lipinski definition) is 5. The molecule has 0 aliphatic carbocycles. The molecule has 0 bridgehead atoms. The van der Waals surface area contributed by atoms with Crippen molar-refractivity contribution in [3.63, 3.8) is 0 Å². The van der Waals surface area contributed by atoms with E-state index in [0.717, 1.165) is 30.8 Å². The highest BCUT2D eigenvalue weighted by Gasteiger charge is 2.28. The quantitative estimate of drug-likeness (QED) is 0.725. The topological polar surface area (TPSA) is 81.2 Å². The van der Waals surface area contributed by atoms with Crippen LogP contribution in [0.5, 0.6) is 0 Å². The van der Waals surface area contributed by atoms with Crippen molar-refractivity contribution in [3.8, 4) is 0 Å². The van der Waals surface area contributed by atoms with Gasteiger partial charge in [0.15, 0.2) is 0 Å². The van der Waals surface area contributed by atoms with Crippen molar-refractivity contribution in [1.82, 2.24) is 34.3 Å². The SMILES string of the molecule is CCn1nccc1C(=O)N1CCCC(c2cc(C)nc3ncnn23)C1. The van der Waals surface area contributed by atoms with Gasteiger partial charge in [-0.1, -0.05) is 0 Å². The molecule has 1 saturated heterocycles. The molecular weight excluding hydrogens is 318 g/mol. The van der Waals surface area contributed by atoms with Crippen LogP contribution in [0.2, 0.25) is 0 Å². The summed E-state index contributed by atoms with van der Waals surface area (Å²) in [5, 5.41) is 8.52. The average Bonchev–Trinajstić information content (AvgIpc) is 3.29. The molecular formula is C17H21N7O. The largest absolute Gasteiger partial charge is 0.337 e. The van der Waals surface area contributed by atoms with Gasteiger partial charge in [-0.3, -0.25) is 9.48 Å². The van der Waals surface area contributed by atoms with E-state index in [-0.39, 0.29) is 11.8 Å². The average molecular weight is 339 g/mol. The number of aryl methyl sites for hydroxylation is 2. The Morgan fingerprint density at radius 1 is 1.36 bits per heavy atom. The standard InChI is InChI=1S/C17H21N7O/c1-3-23-14(6-7-19-23)16(25)22-8-4-5-13(10-22)15-9-12(2)21-17-18-11-20-24(15)17/h6-7,9,11,13H,3-5,8,10H2,1-2H3. The lowest BCUT2D eigenvalue weighted by atomic mass is 9.94. The summed E-state index contributed by atoms with van der Waals surface area (Å²) in [6, 6.07) is 3.85. The number of carbonyl (C=O) groups is 1. The van der Waals surface area contributed by atoms with Gasteiger partial charge in [0.05, 0.1) is 5.69 Å². The predicted molar refractivity (Wildman–Crippen MR) is 91.3 cm³/mol. The highest BCUT2D eigenvalue weighted by Crippen LogP contribution is 2.28. The van der Waals surface area contributed by atoms with Gasteiger partial charge in [0, 0.05) is 37.4 Å². The van der Waals surface area contributed by atoms with E-state index in [0.29, 0.717) is 24.6 Å². The van der Waals surface area contributed by atoms with Crippen LogP contribution in [-0.2, 0) is 6.54 Å². The first-order chi connectivity index (χ1) is 12.2. The molecule has 0 spiro atoms. The lowest BCUT2D eigenvalue weighted by molar-refractivity contribution is 0.0692. The summed E-state index contributed by atoms with van der Waals surface area (Å²) in [5.41, 5.74) is 2.64. The van der Waals surface area contributed by atoms with Crippen LogP contribution in [0.3, 0.4) is 0 Å². The van der Waals surface area contributed by atoms with Crippen molar-refractivity contribution in [3.05, 3.63) is 41.7 Å². The van der Waals surface area contributed by atoms with Gasteiger partial charge < -0.3 is 4.90 Å². The zero-order valence-corrected chi connectivity index (χ0v) is 14.5. The summed E-state index contributed by atoms with van der Waals surface area (Å²) in [6.07, 6.45) is 5.20. The van der Waals surface area contributed by atoms with Gasteiger partial charge in [-0.25, -0.2) is 9.50 Å². The van der Waals surface area contributed by atoms with Gasteiger partial charge in [0.25, 0.3) is 11.7 Å². The molecule has 0 aromatic carbocycles. The normalized spacial score (nSPS) is 18.0. The molecule has 4 rings (SSSR count). The maximum absolute atomic E-state index is 12.9. The first-order valence-corrected chi connectivity index (χ1v) is 8.65. The lowest BCUT2D eigenvalue weighted by Crippen LogP contribution is -2.40. The minimum atomic E-state index is 0.0460. The molecule has 1 atom stereocenters. The van der Waals surface area contributed by atoms with Gasteiger partial charge in [-0.15, -0.1) is 0 Å². The van der Waals surface area contributed by atoms with Gasteiger partial charge in [-0.2, -0.15) is 15.2 Å². The molecule has 1 aliphatic rings. The molecule has 1 fully saturated rings. The highest BCUT2D eigenvalue weighted by molar-refractivity contribution is 5.92. The second-order valence-electron chi connectivity index (χ2n) is 6.42. The fraction of sp³-hybridized carbons (Fsp3) is 0.471. The molecule has 1 amide bonds. The van der Waals surface area contributed by atoms with E-state index in [1.54, 1.807) is 21.5 Å². The van der Waals surface area contributed by atoms with Crippen molar-refractivity contribution < 1.29 is 4.79 Å². The molecule has 8 nitrogen and oxygen atoms in total. The maximum Gasteiger partial charge on any atom is 0.272 e. The van der Waals surface area contributed by atoms with Crippen LogP contribution in [-0.4, -0.2) is 53.3 Å². The number of hydrogen-bond donors (Lipinski definition) is 0. The van der Waals surface area contributed by atoms with Crippen LogP contribution >= 0.6 is 0 Å². The molecule has 8 heteroatoms. The van der Waals surface area contributed by atoms with Gasteiger partial charge in [0.1, 0.15) is 12.0 Å². The second-order valence-corrected chi connectivity index (χ2v) is 6.42. The van der Waals surface area contributed by atoms with Crippen LogP contribution in [0.1, 0.15) is 47.6 Å². The van der Waals surface area contributed by atoms with Crippen molar-refractivity contribution in [1.29, 1.82) is 0 Å². The summed E-state index contributed by atoms with van der Waals surface area (Å²) in [5.74, 6) is 0.883. The van der Waals surface area contributed by atoms with Crippen LogP contribution in [0, 0.1) is 6.92 Å². The number of carbonyl (C=O) groups excluding carboxylic acids is 1. The van der Waals surface area contributed by atoms with Gasteiger partial charge >= 0.3 is 0 Å². The van der Waals surface area contributed by atoms with E-state index in [4.69, 9.17) is 0 Å². The lowest BCUT2D eigenvalue weighted by Gasteiger charge is -2.33. The minimum absolute atomic E-state index is 0.0460. The van der Waals surface area contributed by atoms with E-state index < -0.39 is 0 Å². The van der Waals surface area contributed by atoms with Gasteiger partial charge in [-0.05, 0) is 38.8 Å². The fourth-order valence-electron chi connectivity index (χ4n) is 3.58. The molecule has 3 aromatic heterocycles. The maximum atomic E-state index is 12.9. The Bertz CT molecular complexity index is 913. The van der Waals surface area contributed by atoms with Crippen molar-refractivity contribution in [2.24, 2.45) is 0 Å².